The Bertz CT molecular complexity index is 5760. The Morgan fingerprint density at radius 2 is 0.832 bits per heavy atom. The predicted octanol–water partition coefficient (Wildman–Crippen LogP) is 17.1. The zero-order valence-electron chi connectivity index (χ0n) is 70.5. The van der Waals surface area contributed by atoms with Gasteiger partial charge in [0.05, 0.1) is 48.3 Å². The van der Waals surface area contributed by atoms with Crippen LogP contribution < -0.4 is 58.7 Å². The number of carbonyl (C=O) groups is 4. The standard InChI is InChI=1S/C27H26N2O5.C25H22N2O5.C20H23NO4.C19H23NO4.C7H5NO.ClH/c1-3-32-26(30)22-15-20-19(16-29(22)27-28-21-11-7-8-12-23(21)34-27)13-14-24(31-2)25(20)33-17-18-9-5-4-6-10-18;1-30-22-12-11-17-14-27(25-26-19-9-5-6-10-21(19)32-25)20(24(28)29)13-18(17)23(22)31-15-16-7-3-2-4-8-16;1-3-24-20(22)17-11-16-15(12-21-17)9-10-18(23-2)19(16)25-13-14-7-5-4-6-8-14;1-3-23-19(21)16(20)12-15-10-7-11-17(22-2)18(15)24-13-14-8-5-4-6-9-14;1-2-4-7-6(3-1)8-5-9-7;/h4-14,22H,3,15-17H2,1-2H3;2-12,20H,13-15H2,1H3,(H,28,29);4-10,17,21H,3,11-13H2,1-2H3;4-11,16H,3,12-13,20H2,1-2H3;1-5H;1H. The molecule has 6 heterocycles. The highest BCUT2D eigenvalue weighted by Gasteiger charge is 2.40. The number of anilines is 2. The normalized spacial score (nSPS) is 14.2. The van der Waals surface area contributed by atoms with E-state index in [0.717, 1.165) is 77.8 Å². The number of nitrogens with two attached hydrogens (primary N) is 1. The van der Waals surface area contributed by atoms with Crippen LogP contribution in [0.2, 0.25) is 0 Å². The van der Waals surface area contributed by atoms with Crippen molar-refractivity contribution in [1.29, 1.82) is 0 Å². The van der Waals surface area contributed by atoms with Crippen LogP contribution in [0.3, 0.4) is 0 Å². The number of hydrogen-bond acceptors (Lipinski definition) is 25. The lowest BCUT2D eigenvalue weighted by molar-refractivity contribution is -0.146. The smallest absolute Gasteiger partial charge is 0.329 e. The first-order valence-electron chi connectivity index (χ1n) is 40.8. The molecule has 11 aromatic carbocycles. The molecule has 0 radical (unpaired) electrons. The van der Waals surface area contributed by atoms with Gasteiger partial charge in [-0.05, 0) is 120 Å². The van der Waals surface area contributed by atoms with Crippen LogP contribution in [0.25, 0.3) is 33.3 Å². The van der Waals surface area contributed by atoms with Crippen molar-refractivity contribution in [1.82, 2.24) is 20.3 Å². The third-order valence-corrected chi connectivity index (χ3v) is 20.7. The molecule has 27 heteroatoms. The van der Waals surface area contributed by atoms with Gasteiger partial charge in [0.15, 0.2) is 69.1 Å². The number of carbonyl (C=O) groups excluding carboxylic acids is 3. The van der Waals surface area contributed by atoms with Crippen LogP contribution in [0.15, 0.2) is 268 Å². The lowest BCUT2D eigenvalue weighted by atomic mass is 9.92. The Balaban J connectivity index is 0.000000147. The highest BCUT2D eigenvalue weighted by atomic mass is 35.5. The number of carboxylic acid groups (broad SMARTS) is 1. The number of para-hydroxylation sites is 7. The molecular formula is C98H100ClN7O19. The lowest BCUT2D eigenvalue weighted by Gasteiger charge is -2.35. The van der Waals surface area contributed by atoms with Crippen LogP contribution in [-0.2, 0) is 105 Å². The van der Waals surface area contributed by atoms with Gasteiger partial charge in [0.1, 0.15) is 67.1 Å². The van der Waals surface area contributed by atoms with Gasteiger partial charge in [-0.15, -0.1) is 12.4 Å². The number of carboxylic acids is 1. The molecule has 3 aromatic heterocycles. The number of oxazole rings is 3. The molecule has 4 atom stereocenters. The quantitative estimate of drug-likeness (QED) is 0.0318. The number of nitrogens with one attached hydrogen (secondary N) is 1. The Kier molecular flexibility index (Phi) is 32.2. The van der Waals surface area contributed by atoms with Gasteiger partial charge in [0.2, 0.25) is 0 Å². The molecule has 0 saturated carbocycles. The summed E-state index contributed by atoms with van der Waals surface area (Å²) in [6.45, 7) is 9.32. The van der Waals surface area contributed by atoms with Crippen molar-refractivity contribution in [3.05, 3.63) is 316 Å². The SMILES string of the molecule is CCOC(=O)C(N)Cc1cccc(OC)c1OCc1ccccc1.CCOC(=O)C1Cc2c(ccc(OC)c2OCc2ccccc2)CN1.CCOC(=O)C1Cc2c(ccc(OC)c2OCc2ccccc2)CN1c1nc2ccccc2o1.COc1ccc2c(c1OCc1ccccc1)CC(C(=O)O)N(c1nc3ccccc3o1)C2.Cl.c1ccc2ocnc2c1. The molecule has 4 N–H and O–H groups in total. The number of halogens is 1. The summed E-state index contributed by atoms with van der Waals surface area (Å²) in [5, 5.41) is 13.2. The summed E-state index contributed by atoms with van der Waals surface area (Å²) in [6.07, 6.45) is 2.92. The maximum atomic E-state index is 13.0. The first kappa shape index (κ1) is 90.2. The van der Waals surface area contributed by atoms with E-state index in [0.29, 0.717) is 160 Å². The largest absolute Gasteiger partial charge is 0.493 e. The van der Waals surface area contributed by atoms with Gasteiger partial charge >= 0.3 is 23.9 Å². The molecule has 0 saturated heterocycles. The van der Waals surface area contributed by atoms with Crippen LogP contribution in [0.1, 0.15) is 82.0 Å². The highest BCUT2D eigenvalue weighted by Crippen LogP contribution is 2.44. The molecule has 0 spiro atoms. The summed E-state index contributed by atoms with van der Waals surface area (Å²) in [4.78, 5) is 65.8. The second-order valence-corrected chi connectivity index (χ2v) is 28.7. The van der Waals surface area contributed by atoms with E-state index in [9.17, 15) is 24.3 Å². The molecule has 17 rings (SSSR count). The van der Waals surface area contributed by atoms with E-state index >= 15 is 0 Å². The van der Waals surface area contributed by atoms with Gasteiger partial charge in [0, 0.05) is 67.6 Å². The first-order valence-corrected chi connectivity index (χ1v) is 40.8. The number of aliphatic carboxylic acids is 1. The van der Waals surface area contributed by atoms with E-state index in [-0.39, 0.29) is 36.8 Å². The zero-order valence-corrected chi connectivity index (χ0v) is 71.3. The number of nitrogens with zero attached hydrogens (tertiary/aromatic N) is 5. The summed E-state index contributed by atoms with van der Waals surface area (Å²) in [7, 11) is 6.41. The van der Waals surface area contributed by atoms with Crippen molar-refractivity contribution >= 4 is 81.6 Å². The number of ether oxygens (including phenoxy) is 11. The van der Waals surface area contributed by atoms with Gasteiger partial charge in [-0.3, -0.25) is 9.59 Å². The van der Waals surface area contributed by atoms with E-state index in [1.165, 1.54) is 6.39 Å². The van der Waals surface area contributed by atoms with E-state index in [1.807, 2.05) is 261 Å². The van der Waals surface area contributed by atoms with Crippen molar-refractivity contribution in [2.75, 3.05) is 58.1 Å². The average molecular weight is 1720 g/mol. The Morgan fingerprint density at radius 1 is 0.440 bits per heavy atom. The molecule has 648 valence electrons. The zero-order chi connectivity index (χ0) is 86.7. The molecule has 0 bridgehead atoms. The molecule has 3 aliphatic rings. The second-order valence-electron chi connectivity index (χ2n) is 28.7. The Morgan fingerprint density at radius 3 is 1.27 bits per heavy atom. The third-order valence-electron chi connectivity index (χ3n) is 20.7. The van der Waals surface area contributed by atoms with Crippen molar-refractivity contribution in [2.45, 2.75) is 117 Å². The maximum Gasteiger partial charge on any atom is 0.329 e. The minimum absolute atomic E-state index is 0. The number of methoxy groups -OCH3 is 4. The van der Waals surface area contributed by atoms with Gasteiger partial charge in [-0.1, -0.05) is 188 Å². The average Bonchev–Trinajstić information content (AvgIpc) is 1.76. The third kappa shape index (κ3) is 23.0. The number of hydrogen-bond donors (Lipinski definition) is 3. The summed E-state index contributed by atoms with van der Waals surface area (Å²) >= 11 is 0. The van der Waals surface area contributed by atoms with Gasteiger partial charge in [-0.25, -0.2) is 14.6 Å². The molecule has 0 aliphatic carbocycles. The van der Waals surface area contributed by atoms with Gasteiger partial charge in [-0.2, -0.15) is 9.97 Å². The fraction of sp³-hybridized carbons (Fsp3) is 0.255. The van der Waals surface area contributed by atoms with Crippen molar-refractivity contribution in [3.63, 3.8) is 0 Å². The number of esters is 3. The summed E-state index contributed by atoms with van der Waals surface area (Å²) < 4.78 is 78.9. The fourth-order valence-electron chi connectivity index (χ4n) is 14.5. The molecule has 26 nitrogen and oxygen atoms in total. The molecule has 125 heavy (non-hydrogen) atoms. The van der Waals surface area contributed by atoms with E-state index in [1.54, 1.807) is 47.2 Å². The molecule has 0 fully saturated rings. The van der Waals surface area contributed by atoms with E-state index in [4.69, 9.17) is 71.1 Å². The van der Waals surface area contributed by atoms with Gasteiger partial charge in [0.25, 0.3) is 12.0 Å². The van der Waals surface area contributed by atoms with Gasteiger partial charge < -0.3 is 91.3 Å². The number of fused-ring (bicyclic) bond motifs is 6. The summed E-state index contributed by atoms with van der Waals surface area (Å²) in [5.41, 5.74) is 21.3. The Labute approximate surface area is 730 Å². The van der Waals surface area contributed by atoms with E-state index in [2.05, 4.69) is 20.3 Å². The molecule has 0 amide bonds. The van der Waals surface area contributed by atoms with Crippen molar-refractivity contribution in [3.8, 4) is 46.0 Å². The number of aromatic nitrogens is 3. The second kappa shape index (κ2) is 44.6. The van der Waals surface area contributed by atoms with Crippen LogP contribution in [0.5, 0.6) is 46.0 Å². The van der Waals surface area contributed by atoms with E-state index < -0.39 is 30.1 Å². The monoisotopic (exact) mass is 1710 g/mol. The summed E-state index contributed by atoms with van der Waals surface area (Å²) in [6, 6.07) is 77.5. The lowest BCUT2D eigenvalue weighted by Crippen LogP contribution is -2.47. The first-order chi connectivity index (χ1) is 60.7. The summed E-state index contributed by atoms with van der Waals surface area (Å²) in [5.74, 6) is 3.11. The predicted molar refractivity (Wildman–Crippen MR) is 475 cm³/mol. The van der Waals surface area contributed by atoms with Crippen molar-refractivity contribution in [2.24, 2.45) is 5.73 Å². The maximum absolute atomic E-state index is 13.0. The molecule has 14 aromatic rings. The van der Waals surface area contributed by atoms with Crippen LogP contribution in [-0.4, -0.2) is 116 Å². The van der Waals surface area contributed by atoms with Crippen LogP contribution in [0.4, 0.5) is 12.0 Å². The number of benzene rings is 11. The minimum Gasteiger partial charge on any atom is -0.493 e. The molecular weight excluding hydrogens is 1610 g/mol. The molecule has 3 aliphatic heterocycles. The van der Waals surface area contributed by atoms with Crippen molar-refractivity contribution < 1.29 is 89.6 Å². The Hall–Kier alpha value is -14.1. The fourth-order valence-corrected chi connectivity index (χ4v) is 14.5. The number of rotatable bonds is 27. The topological polar surface area (TPSA) is 313 Å². The minimum atomic E-state index is -0.949. The highest BCUT2D eigenvalue weighted by molar-refractivity contribution is 5.86. The molecule has 4 unspecified atom stereocenters. The van der Waals surface area contributed by atoms with Crippen LogP contribution >= 0.6 is 12.4 Å². The van der Waals surface area contributed by atoms with Crippen LogP contribution in [0, 0.1) is 0 Å².